The predicted octanol–water partition coefficient (Wildman–Crippen LogP) is 1.86. The van der Waals surface area contributed by atoms with Gasteiger partial charge in [-0.15, -0.1) is 11.3 Å². The van der Waals surface area contributed by atoms with E-state index in [1.54, 1.807) is 28.6 Å². The molecule has 1 aliphatic heterocycles. The Kier molecular flexibility index (Phi) is 5.43. The third-order valence-electron chi connectivity index (χ3n) is 4.42. The van der Waals surface area contributed by atoms with Crippen molar-refractivity contribution in [3.8, 4) is 0 Å². The summed E-state index contributed by atoms with van der Waals surface area (Å²) in [4.78, 5) is 35.9. The molecule has 1 saturated heterocycles. The second-order valence-electron chi connectivity index (χ2n) is 6.32. The summed E-state index contributed by atoms with van der Waals surface area (Å²) in [6, 6.07) is 3.78. The van der Waals surface area contributed by atoms with Crippen LogP contribution in [0.1, 0.15) is 27.6 Å². The van der Waals surface area contributed by atoms with Gasteiger partial charge in [-0.2, -0.15) is 0 Å². The topological polar surface area (TPSA) is 75.2 Å². The standard InChI is InChI=1S/C18H22N4O2S/c1-12-13(2)25-16(21-12)5-8-20-18(24)15-9-17(23)22(11-15)10-14-3-6-19-7-4-14/h3-4,6-7,15H,5,8-11H2,1-2H3,(H,20,24)/t15-/m0/s1. The van der Waals surface area contributed by atoms with E-state index in [1.807, 2.05) is 19.1 Å². The van der Waals surface area contributed by atoms with E-state index in [9.17, 15) is 9.59 Å². The number of thiazole rings is 1. The van der Waals surface area contributed by atoms with E-state index in [2.05, 4.69) is 22.2 Å². The Bertz CT molecular complexity index is 740. The Morgan fingerprint density at radius 1 is 1.36 bits per heavy atom. The fourth-order valence-corrected chi connectivity index (χ4v) is 3.83. The fraction of sp³-hybridized carbons (Fsp3) is 0.444. The molecule has 1 aliphatic rings. The van der Waals surface area contributed by atoms with E-state index < -0.39 is 0 Å². The Morgan fingerprint density at radius 2 is 2.12 bits per heavy atom. The second-order valence-corrected chi connectivity index (χ2v) is 7.61. The normalized spacial score (nSPS) is 17.1. The van der Waals surface area contributed by atoms with Crippen LogP contribution in [0.2, 0.25) is 0 Å². The smallest absolute Gasteiger partial charge is 0.225 e. The molecule has 2 amide bonds. The van der Waals surface area contributed by atoms with Gasteiger partial charge in [-0.05, 0) is 31.5 Å². The number of aromatic nitrogens is 2. The lowest BCUT2D eigenvalue weighted by molar-refractivity contribution is -0.129. The van der Waals surface area contributed by atoms with E-state index >= 15 is 0 Å². The number of nitrogens with one attached hydrogen (secondary N) is 1. The van der Waals surface area contributed by atoms with Gasteiger partial charge in [0.2, 0.25) is 11.8 Å². The largest absolute Gasteiger partial charge is 0.355 e. The van der Waals surface area contributed by atoms with Crippen LogP contribution in [0.3, 0.4) is 0 Å². The van der Waals surface area contributed by atoms with Crippen molar-refractivity contribution in [1.29, 1.82) is 0 Å². The lowest BCUT2D eigenvalue weighted by atomic mass is 10.1. The van der Waals surface area contributed by atoms with Gasteiger partial charge in [-0.1, -0.05) is 0 Å². The summed E-state index contributed by atoms with van der Waals surface area (Å²) >= 11 is 1.67. The average Bonchev–Trinajstić information content (AvgIpc) is 3.11. The number of hydrogen-bond donors (Lipinski definition) is 1. The van der Waals surface area contributed by atoms with E-state index in [-0.39, 0.29) is 24.2 Å². The number of likely N-dealkylation sites (tertiary alicyclic amines) is 1. The van der Waals surface area contributed by atoms with Crippen molar-refractivity contribution in [3.63, 3.8) is 0 Å². The number of carbonyl (C=O) groups excluding carboxylic acids is 2. The van der Waals surface area contributed by atoms with Crippen LogP contribution in [0.5, 0.6) is 0 Å². The van der Waals surface area contributed by atoms with Crippen molar-refractivity contribution >= 4 is 23.2 Å². The van der Waals surface area contributed by atoms with Crippen LogP contribution in [0.25, 0.3) is 0 Å². The molecule has 1 atom stereocenters. The lowest BCUT2D eigenvalue weighted by Crippen LogP contribution is -2.34. The number of amides is 2. The van der Waals surface area contributed by atoms with Gasteiger partial charge in [0.05, 0.1) is 16.6 Å². The quantitative estimate of drug-likeness (QED) is 0.855. The number of aryl methyl sites for hydroxylation is 2. The molecule has 6 nitrogen and oxygen atoms in total. The van der Waals surface area contributed by atoms with Crippen LogP contribution in [0.4, 0.5) is 0 Å². The van der Waals surface area contributed by atoms with Gasteiger partial charge in [-0.3, -0.25) is 14.6 Å². The molecular formula is C18H22N4O2S. The summed E-state index contributed by atoms with van der Waals surface area (Å²) in [6.07, 6.45) is 4.43. The molecule has 3 rings (SSSR count). The maximum absolute atomic E-state index is 12.3. The molecule has 7 heteroatoms. The SMILES string of the molecule is Cc1nc(CCNC(=O)[C@H]2CC(=O)N(Cc3ccncc3)C2)sc1C. The average molecular weight is 358 g/mol. The molecular weight excluding hydrogens is 336 g/mol. The molecule has 0 unspecified atom stereocenters. The van der Waals surface area contributed by atoms with E-state index in [0.717, 1.165) is 22.7 Å². The van der Waals surface area contributed by atoms with Gasteiger partial charge in [-0.25, -0.2) is 4.98 Å². The van der Waals surface area contributed by atoms with E-state index in [0.29, 0.717) is 19.6 Å². The first kappa shape index (κ1) is 17.5. The van der Waals surface area contributed by atoms with E-state index in [4.69, 9.17) is 0 Å². The van der Waals surface area contributed by atoms with Crippen molar-refractivity contribution in [2.24, 2.45) is 5.92 Å². The Labute approximate surface area is 151 Å². The van der Waals surface area contributed by atoms with Gasteiger partial charge >= 0.3 is 0 Å². The van der Waals surface area contributed by atoms with Crippen LogP contribution in [0, 0.1) is 19.8 Å². The Balaban J connectivity index is 1.47. The monoisotopic (exact) mass is 358 g/mol. The molecule has 0 saturated carbocycles. The van der Waals surface area contributed by atoms with Crippen molar-refractivity contribution in [2.75, 3.05) is 13.1 Å². The first-order valence-corrected chi connectivity index (χ1v) is 9.22. The molecule has 25 heavy (non-hydrogen) atoms. The van der Waals surface area contributed by atoms with Gasteiger partial charge in [0.15, 0.2) is 0 Å². The molecule has 2 aromatic rings. The zero-order chi connectivity index (χ0) is 17.8. The number of rotatable bonds is 6. The minimum Gasteiger partial charge on any atom is -0.355 e. The first-order chi connectivity index (χ1) is 12.0. The Morgan fingerprint density at radius 3 is 2.80 bits per heavy atom. The highest BCUT2D eigenvalue weighted by Gasteiger charge is 2.34. The summed E-state index contributed by atoms with van der Waals surface area (Å²) in [7, 11) is 0. The van der Waals surface area contributed by atoms with Crippen LogP contribution >= 0.6 is 11.3 Å². The fourth-order valence-electron chi connectivity index (χ4n) is 2.89. The summed E-state index contributed by atoms with van der Waals surface area (Å²) in [5.41, 5.74) is 2.08. The van der Waals surface area contributed by atoms with Crippen LogP contribution in [-0.4, -0.2) is 39.8 Å². The third-order valence-corrected chi connectivity index (χ3v) is 5.55. The molecule has 0 spiro atoms. The minimum absolute atomic E-state index is 0.0307. The number of pyridine rings is 1. The summed E-state index contributed by atoms with van der Waals surface area (Å²) in [5.74, 6) is -0.284. The molecule has 0 aliphatic carbocycles. The Hall–Kier alpha value is -2.28. The predicted molar refractivity (Wildman–Crippen MR) is 96.1 cm³/mol. The zero-order valence-electron chi connectivity index (χ0n) is 14.5. The van der Waals surface area contributed by atoms with Crippen molar-refractivity contribution in [3.05, 3.63) is 45.7 Å². The zero-order valence-corrected chi connectivity index (χ0v) is 15.3. The number of hydrogen-bond acceptors (Lipinski definition) is 5. The maximum atomic E-state index is 12.3. The van der Waals surface area contributed by atoms with Crippen LogP contribution in [-0.2, 0) is 22.6 Å². The number of carbonyl (C=O) groups is 2. The lowest BCUT2D eigenvalue weighted by Gasteiger charge is -2.16. The highest BCUT2D eigenvalue weighted by Crippen LogP contribution is 2.20. The highest BCUT2D eigenvalue weighted by molar-refractivity contribution is 7.11. The molecule has 0 radical (unpaired) electrons. The molecule has 1 N–H and O–H groups in total. The van der Waals surface area contributed by atoms with Gasteiger partial charge in [0.25, 0.3) is 0 Å². The summed E-state index contributed by atoms with van der Waals surface area (Å²) in [6.45, 7) is 5.61. The minimum atomic E-state index is -0.269. The first-order valence-electron chi connectivity index (χ1n) is 8.40. The van der Waals surface area contributed by atoms with Crippen molar-refractivity contribution in [1.82, 2.24) is 20.2 Å². The van der Waals surface area contributed by atoms with Gasteiger partial charge in [0.1, 0.15) is 0 Å². The van der Waals surface area contributed by atoms with Crippen molar-refractivity contribution in [2.45, 2.75) is 33.2 Å². The summed E-state index contributed by atoms with van der Waals surface area (Å²) < 4.78 is 0. The third kappa shape index (κ3) is 4.42. The molecule has 3 heterocycles. The van der Waals surface area contributed by atoms with E-state index in [1.165, 1.54) is 4.88 Å². The van der Waals surface area contributed by atoms with Gasteiger partial charge in [0, 0.05) is 49.7 Å². The second kappa shape index (κ2) is 7.74. The molecule has 0 bridgehead atoms. The molecule has 1 fully saturated rings. The summed E-state index contributed by atoms with van der Waals surface area (Å²) in [5, 5.41) is 3.98. The molecule has 2 aromatic heterocycles. The highest BCUT2D eigenvalue weighted by atomic mass is 32.1. The van der Waals surface area contributed by atoms with Gasteiger partial charge < -0.3 is 10.2 Å². The van der Waals surface area contributed by atoms with Crippen LogP contribution in [0.15, 0.2) is 24.5 Å². The van der Waals surface area contributed by atoms with Crippen LogP contribution < -0.4 is 5.32 Å². The number of nitrogens with zero attached hydrogens (tertiary/aromatic N) is 3. The molecule has 0 aromatic carbocycles. The molecule has 132 valence electrons. The maximum Gasteiger partial charge on any atom is 0.225 e. The van der Waals surface area contributed by atoms with Crippen molar-refractivity contribution < 1.29 is 9.59 Å².